The standard InChI is InChI=1S/C20H19FN2O3/c1-22(13-15-7-3-5-9-17(15)21)18(24)10-11-23-19(25)12-14-6-2-4-8-16(14)20(23)26/h2-9H,10-13H2,1H3. The zero-order chi connectivity index (χ0) is 18.7. The van der Waals surface area contributed by atoms with Crippen molar-refractivity contribution in [2.24, 2.45) is 0 Å². The van der Waals surface area contributed by atoms with Crippen LogP contribution in [-0.2, 0) is 22.6 Å². The van der Waals surface area contributed by atoms with Gasteiger partial charge in [0.1, 0.15) is 5.82 Å². The molecule has 0 unspecified atom stereocenters. The number of carbonyl (C=O) groups excluding carboxylic acids is 3. The lowest BCUT2D eigenvalue weighted by Crippen LogP contribution is -2.44. The first kappa shape index (κ1) is 17.8. The molecule has 1 aliphatic heterocycles. The van der Waals surface area contributed by atoms with E-state index in [1.165, 1.54) is 11.0 Å². The van der Waals surface area contributed by atoms with Crippen LogP contribution in [0.4, 0.5) is 4.39 Å². The Balaban J connectivity index is 1.61. The summed E-state index contributed by atoms with van der Waals surface area (Å²) in [7, 11) is 1.57. The highest BCUT2D eigenvalue weighted by atomic mass is 19.1. The van der Waals surface area contributed by atoms with Crippen molar-refractivity contribution in [1.82, 2.24) is 9.80 Å². The summed E-state index contributed by atoms with van der Waals surface area (Å²) in [5.41, 5.74) is 1.63. The maximum absolute atomic E-state index is 13.7. The largest absolute Gasteiger partial charge is 0.341 e. The van der Waals surface area contributed by atoms with Gasteiger partial charge < -0.3 is 4.90 Å². The molecule has 1 heterocycles. The van der Waals surface area contributed by atoms with Crippen LogP contribution in [0, 0.1) is 5.82 Å². The highest BCUT2D eigenvalue weighted by Crippen LogP contribution is 2.20. The van der Waals surface area contributed by atoms with Crippen molar-refractivity contribution < 1.29 is 18.8 Å². The molecule has 134 valence electrons. The SMILES string of the molecule is CN(Cc1ccccc1F)C(=O)CCN1C(=O)Cc2ccccc2C1=O. The number of hydrogen-bond donors (Lipinski definition) is 0. The van der Waals surface area contributed by atoms with Crippen molar-refractivity contribution in [1.29, 1.82) is 0 Å². The van der Waals surface area contributed by atoms with Crippen molar-refractivity contribution in [2.45, 2.75) is 19.4 Å². The van der Waals surface area contributed by atoms with E-state index in [1.54, 1.807) is 49.5 Å². The fraction of sp³-hybridized carbons (Fsp3) is 0.250. The quantitative estimate of drug-likeness (QED) is 0.775. The minimum Gasteiger partial charge on any atom is -0.341 e. The molecule has 0 atom stereocenters. The molecule has 0 saturated carbocycles. The van der Waals surface area contributed by atoms with Gasteiger partial charge in [0.15, 0.2) is 0 Å². The Bertz CT molecular complexity index is 866. The Morgan fingerprint density at radius 3 is 2.58 bits per heavy atom. The van der Waals surface area contributed by atoms with Crippen LogP contribution < -0.4 is 0 Å². The molecule has 0 radical (unpaired) electrons. The number of amides is 3. The second kappa shape index (κ2) is 7.47. The number of rotatable bonds is 5. The average Bonchev–Trinajstić information content (AvgIpc) is 2.63. The summed E-state index contributed by atoms with van der Waals surface area (Å²) in [6, 6.07) is 13.2. The topological polar surface area (TPSA) is 57.7 Å². The Morgan fingerprint density at radius 2 is 1.81 bits per heavy atom. The number of nitrogens with zero attached hydrogens (tertiary/aromatic N) is 2. The van der Waals surface area contributed by atoms with Gasteiger partial charge in [-0.15, -0.1) is 0 Å². The molecule has 3 amide bonds. The average molecular weight is 354 g/mol. The van der Waals surface area contributed by atoms with Gasteiger partial charge in [-0.05, 0) is 17.7 Å². The summed E-state index contributed by atoms with van der Waals surface area (Å²) in [5.74, 6) is -1.31. The Morgan fingerprint density at radius 1 is 1.12 bits per heavy atom. The summed E-state index contributed by atoms with van der Waals surface area (Å²) in [6.45, 7) is 0.155. The van der Waals surface area contributed by atoms with E-state index in [2.05, 4.69) is 0 Å². The van der Waals surface area contributed by atoms with Gasteiger partial charge in [-0.1, -0.05) is 36.4 Å². The lowest BCUT2D eigenvalue weighted by Gasteiger charge is -2.27. The number of imide groups is 1. The van der Waals surface area contributed by atoms with Gasteiger partial charge >= 0.3 is 0 Å². The van der Waals surface area contributed by atoms with Gasteiger partial charge in [-0.2, -0.15) is 0 Å². The first-order valence-electron chi connectivity index (χ1n) is 8.37. The highest BCUT2D eigenvalue weighted by molar-refractivity contribution is 6.09. The van der Waals surface area contributed by atoms with E-state index >= 15 is 0 Å². The summed E-state index contributed by atoms with van der Waals surface area (Å²) in [5, 5.41) is 0. The van der Waals surface area contributed by atoms with E-state index < -0.39 is 0 Å². The first-order valence-corrected chi connectivity index (χ1v) is 8.37. The normalized spacial score (nSPS) is 13.5. The van der Waals surface area contributed by atoms with Crippen molar-refractivity contribution in [3.8, 4) is 0 Å². The van der Waals surface area contributed by atoms with Crippen LogP contribution in [0.3, 0.4) is 0 Å². The fourth-order valence-electron chi connectivity index (χ4n) is 2.99. The number of fused-ring (bicyclic) bond motifs is 1. The molecule has 3 rings (SSSR count). The predicted molar refractivity (Wildman–Crippen MR) is 93.7 cm³/mol. The van der Waals surface area contributed by atoms with Crippen LogP contribution in [0.2, 0.25) is 0 Å². The van der Waals surface area contributed by atoms with Crippen molar-refractivity contribution in [2.75, 3.05) is 13.6 Å². The fourth-order valence-corrected chi connectivity index (χ4v) is 2.99. The predicted octanol–water partition coefficient (Wildman–Crippen LogP) is 2.40. The molecule has 6 heteroatoms. The van der Waals surface area contributed by atoms with Crippen LogP contribution in [0.25, 0.3) is 0 Å². The molecule has 0 N–H and O–H groups in total. The molecular weight excluding hydrogens is 335 g/mol. The summed E-state index contributed by atoms with van der Waals surface area (Å²) >= 11 is 0. The molecule has 1 aliphatic rings. The van der Waals surface area contributed by atoms with Crippen LogP contribution >= 0.6 is 0 Å². The lowest BCUT2D eigenvalue weighted by molar-refractivity contribution is -0.132. The van der Waals surface area contributed by atoms with Gasteiger partial charge in [0.2, 0.25) is 11.8 Å². The molecule has 0 aliphatic carbocycles. The monoisotopic (exact) mass is 354 g/mol. The molecule has 2 aromatic carbocycles. The number of carbonyl (C=O) groups is 3. The van der Waals surface area contributed by atoms with E-state index in [0.717, 1.165) is 4.90 Å². The zero-order valence-electron chi connectivity index (χ0n) is 14.4. The third kappa shape index (κ3) is 3.64. The van der Waals surface area contributed by atoms with E-state index in [4.69, 9.17) is 0 Å². The zero-order valence-corrected chi connectivity index (χ0v) is 14.4. The third-order valence-electron chi connectivity index (χ3n) is 4.48. The maximum atomic E-state index is 13.7. The smallest absolute Gasteiger partial charge is 0.260 e. The van der Waals surface area contributed by atoms with E-state index in [1.807, 2.05) is 0 Å². The van der Waals surface area contributed by atoms with Gasteiger partial charge in [0.05, 0.1) is 6.42 Å². The number of halogens is 1. The van der Waals surface area contributed by atoms with Crippen LogP contribution in [0.1, 0.15) is 27.9 Å². The van der Waals surface area contributed by atoms with Crippen molar-refractivity contribution >= 4 is 17.7 Å². The summed E-state index contributed by atoms with van der Waals surface area (Å²) < 4.78 is 13.7. The molecular formula is C20H19FN2O3. The summed E-state index contributed by atoms with van der Waals surface area (Å²) in [4.78, 5) is 39.5. The van der Waals surface area contributed by atoms with Gasteiger partial charge in [0, 0.05) is 37.7 Å². The molecule has 2 aromatic rings. The third-order valence-corrected chi connectivity index (χ3v) is 4.48. The molecule has 0 bridgehead atoms. The van der Waals surface area contributed by atoms with Crippen LogP contribution in [0.5, 0.6) is 0 Å². The molecule has 0 saturated heterocycles. The van der Waals surface area contributed by atoms with Gasteiger partial charge in [0.25, 0.3) is 5.91 Å². The molecule has 0 spiro atoms. The first-order chi connectivity index (χ1) is 12.5. The van der Waals surface area contributed by atoms with Crippen LogP contribution in [0.15, 0.2) is 48.5 Å². The maximum Gasteiger partial charge on any atom is 0.260 e. The highest BCUT2D eigenvalue weighted by Gasteiger charge is 2.30. The second-order valence-electron chi connectivity index (χ2n) is 6.28. The number of benzene rings is 2. The molecule has 0 fully saturated rings. The van der Waals surface area contributed by atoms with Crippen LogP contribution in [-0.4, -0.2) is 41.1 Å². The second-order valence-corrected chi connectivity index (χ2v) is 6.28. The van der Waals surface area contributed by atoms with E-state index in [-0.39, 0.29) is 49.5 Å². The van der Waals surface area contributed by atoms with E-state index in [0.29, 0.717) is 16.7 Å². The van der Waals surface area contributed by atoms with E-state index in [9.17, 15) is 18.8 Å². The van der Waals surface area contributed by atoms with Gasteiger partial charge in [-0.25, -0.2) is 4.39 Å². The van der Waals surface area contributed by atoms with Crippen molar-refractivity contribution in [3.05, 3.63) is 71.0 Å². The number of hydrogen-bond acceptors (Lipinski definition) is 3. The van der Waals surface area contributed by atoms with Crippen molar-refractivity contribution in [3.63, 3.8) is 0 Å². The molecule has 0 aromatic heterocycles. The molecule has 26 heavy (non-hydrogen) atoms. The minimum atomic E-state index is -0.374. The Hall–Kier alpha value is -3.02. The summed E-state index contributed by atoms with van der Waals surface area (Å²) in [6.07, 6.45) is 0.159. The minimum absolute atomic E-state index is 0.00456. The van der Waals surface area contributed by atoms with Gasteiger partial charge in [-0.3, -0.25) is 19.3 Å². The molecule has 5 nitrogen and oxygen atoms in total. The Labute approximate surface area is 151 Å². The lowest BCUT2D eigenvalue weighted by atomic mass is 9.98. The Kier molecular flexibility index (Phi) is 5.11.